The first-order chi connectivity index (χ1) is 7.79. The van der Waals surface area contributed by atoms with Gasteiger partial charge in [0, 0.05) is 19.6 Å². The summed E-state index contributed by atoms with van der Waals surface area (Å²) in [7, 11) is 1.96. The summed E-state index contributed by atoms with van der Waals surface area (Å²) >= 11 is 6.34. The fourth-order valence-corrected chi connectivity index (χ4v) is 3.49. The van der Waals surface area contributed by atoms with Gasteiger partial charge in [0.15, 0.2) is 0 Å². The lowest BCUT2D eigenvalue weighted by Crippen LogP contribution is -2.32. The van der Waals surface area contributed by atoms with Gasteiger partial charge in [-0.05, 0) is 37.3 Å². The Balaban J connectivity index is 1.99. The molecule has 16 heavy (non-hydrogen) atoms. The van der Waals surface area contributed by atoms with Gasteiger partial charge in [-0.2, -0.15) is 0 Å². The first-order valence-corrected chi connectivity index (χ1v) is 6.40. The molecule has 2 fully saturated rings. The van der Waals surface area contributed by atoms with Crippen molar-refractivity contribution < 1.29 is 0 Å². The van der Waals surface area contributed by atoms with Crippen LogP contribution in [0.2, 0.25) is 5.02 Å². The molecular weight excluding hydrogens is 220 g/mol. The molecular formula is C13H17ClN2. The second-order valence-corrected chi connectivity index (χ2v) is 5.28. The Morgan fingerprint density at radius 3 is 2.88 bits per heavy atom. The van der Waals surface area contributed by atoms with Crippen LogP contribution < -0.4 is 10.2 Å². The highest BCUT2D eigenvalue weighted by atomic mass is 35.5. The highest BCUT2D eigenvalue weighted by Gasteiger charge is 2.39. The minimum Gasteiger partial charge on any atom is -0.386 e. The average Bonchev–Trinajstić information content (AvgIpc) is 2.90. The quantitative estimate of drug-likeness (QED) is 0.847. The zero-order valence-electron chi connectivity index (χ0n) is 9.54. The molecule has 0 spiro atoms. The summed E-state index contributed by atoms with van der Waals surface area (Å²) in [5.41, 5.74) is 2.36. The number of nitrogens with zero attached hydrogens (tertiary/aromatic N) is 1. The van der Waals surface area contributed by atoms with Gasteiger partial charge in [0.25, 0.3) is 0 Å². The molecule has 2 aliphatic rings. The zero-order valence-corrected chi connectivity index (χ0v) is 10.3. The molecule has 1 heterocycles. The van der Waals surface area contributed by atoms with Crippen LogP contribution >= 0.6 is 11.6 Å². The first-order valence-electron chi connectivity index (χ1n) is 6.02. The van der Waals surface area contributed by atoms with Gasteiger partial charge < -0.3 is 10.2 Å². The maximum Gasteiger partial charge on any atom is 0.0793 e. The number of hydrogen-bond donors (Lipinski definition) is 1. The first kappa shape index (κ1) is 10.3. The molecule has 0 radical (unpaired) electrons. The summed E-state index contributed by atoms with van der Waals surface area (Å²) in [5.74, 6) is 0.894. The van der Waals surface area contributed by atoms with Crippen LogP contribution in [0, 0.1) is 5.92 Å². The van der Waals surface area contributed by atoms with Crippen LogP contribution in [0.3, 0.4) is 0 Å². The second kappa shape index (κ2) is 3.85. The summed E-state index contributed by atoms with van der Waals surface area (Å²) in [5, 5.41) is 4.12. The van der Waals surface area contributed by atoms with Gasteiger partial charge in [-0.1, -0.05) is 17.7 Å². The molecule has 2 bridgehead atoms. The molecule has 0 amide bonds. The number of hydrogen-bond acceptors (Lipinski definition) is 2. The van der Waals surface area contributed by atoms with Gasteiger partial charge in [-0.25, -0.2) is 0 Å². The average molecular weight is 237 g/mol. The van der Waals surface area contributed by atoms with Crippen molar-refractivity contribution in [1.29, 1.82) is 0 Å². The third-order valence-electron chi connectivity index (χ3n) is 3.95. The standard InChI is InChI=1S/C13H17ClN2/c1-15-12-4-2-3-11(14)13(12)16-8-9-5-6-10(16)7-9/h2-4,9-10,15H,5-8H2,1H3. The van der Waals surface area contributed by atoms with Crippen molar-refractivity contribution >= 4 is 23.0 Å². The van der Waals surface area contributed by atoms with E-state index in [2.05, 4.69) is 16.3 Å². The highest BCUT2D eigenvalue weighted by Crippen LogP contribution is 2.45. The normalized spacial score (nSPS) is 27.5. The fraction of sp³-hybridized carbons (Fsp3) is 0.538. The van der Waals surface area contributed by atoms with Crippen molar-refractivity contribution in [3.05, 3.63) is 23.2 Å². The van der Waals surface area contributed by atoms with E-state index in [0.717, 1.165) is 22.7 Å². The van der Waals surface area contributed by atoms with Crippen LogP contribution in [0.4, 0.5) is 11.4 Å². The highest BCUT2D eigenvalue weighted by molar-refractivity contribution is 6.34. The smallest absolute Gasteiger partial charge is 0.0793 e. The summed E-state index contributed by atoms with van der Waals surface area (Å²) in [6.07, 6.45) is 4.09. The van der Waals surface area contributed by atoms with E-state index in [-0.39, 0.29) is 0 Å². The monoisotopic (exact) mass is 236 g/mol. The topological polar surface area (TPSA) is 15.3 Å². The number of anilines is 2. The molecule has 2 nitrogen and oxygen atoms in total. The van der Waals surface area contributed by atoms with Crippen LogP contribution in [0.15, 0.2) is 18.2 Å². The Hall–Kier alpha value is -0.890. The molecule has 1 saturated carbocycles. The van der Waals surface area contributed by atoms with Crippen LogP contribution in [-0.4, -0.2) is 19.6 Å². The van der Waals surface area contributed by atoms with Crippen LogP contribution in [0.25, 0.3) is 0 Å². The van der Waals surface area contributed by atoms with E-state index in [4.69, 9.17) is 11.6 Å². The van der Waals surface area contributed by atoms with Gasteiger partial charge in [0.05, 0.1) is 16.4 Å². The maximum atomic E-state index is 6.34. The number of piperidine rings is 1. The van der Waals surface area contributed by atoms with Crippen LogP contribution in [0.5, 0.6) is 0 Å². The number of nitrogens with one attached hydrogen (secondary N) is 1. The zero-order chi connectivity index (χ0) is 11.1. The van der Waals surface area contributed by atoms with E-state index in [0.29, 0.717) is 0 Å². The third-order valence-corrected chi connectivity index (χ3v) is 4.26. The number of benzene rings is 1. The predicted octanol–water partition coefficient (Wildman–Crippen LogP) is 3.37. The van der Waals surface area contributed by atoms with E-state index >= 15 is 0 Å². The van der Waals surface area contributed by atoms with E-state index < -0.39 is 0 Å². The molecule has 0 aromatic heterocycles. The van der Waals surface area contributed by atoms with Crippen molar-refractivity contribution in [3.8, 4) is 0 Å². The number of fused-ring (bicyclic) bond motifs is 2. The van der Waals surface area contributed by atoms with E-state index in [1.165, 1.54) is 31.5 Å². The van der Waals surface area contributed by atoms with E-state index in [1.54, 1.807) is 0 Å². The van der Waals surface area contributed by atoms with E-state index in [9.17, 15) is 0 Å². The van der Waals surface area contributed by atoms with Crippen molar-refractivity contribution in [2.75, 3.05) is 23.8 Å². The van der Waals surface area contributed by atoms with Gasteiger partial charge >= 0.3 is 0 Å². The lowest BCUT2D eigenvalue weighted by molar-refractivity contribution is 0.554. The van der Waals surface area contributed by atoms with Crippen molar-refractivity contribution in [3.63, 3.8) is 0 Å². The Morgan fingerprint density at radius 2 is 2.25 bits per heavy atom. The SMILES string of the molecule is CNc1cccc(Cl)c1N1CC2CCC1C2. The summed E-state index contributed by atoms with van der Waals surface area (Å²) in [4.78, 5) is 2.50. The Morgan fingerprint density at radius 1 is 1.38 bits per heavy atom. The molecule has 1 N–H and O–H groups in total. The molecule has 1 saturated heterocycles. The molecule has 1 aliphatic carbocycles. The molecule has 86 valence electrons. The summed E-state index contributed by atoms with van der Waals surface area (Å²) in [6.45, 7) is 1.18. The van der Waals surface area contributed by atoms with Gasteiger partial charge in [0.2, 0.25) is 0 Å². The van der Waals surface area contributed by atoms with Crippen molar-refractivity contribution in [1.82, 2.24) is 0 Å². The second-order valence-electron chi connectivity index (χ2n) is 4.87. The van der Waals surface area contributed by atoms with Gasteiger partial charge in [-0.15, -0.1) is 0 Å². The van der Waals surface area contributed by atoms with Crippen LogP contribution in [-0.2, 0) is 0 Å². The van der Waals surface area contributed by atoms with E-state index in [1.807, 2.05) is 19.2 Å². The Kier molecular flexibility index (Phi) is 2.47. The maximum absolute atomic E-state index is 6.34. The molecule has 1 aromatic rings. The van der Waals surface area contributed by atoms with Gasteiger partial charge in [0.1, 0.15) is 0 Å². The minimum atomic E-state index is 0.719. The Bertz CT molecular complexity index is 405. The van der Waals surface area contributed by atoms with Gasteiger partial charge in [-0.3, -0.25) is 0 Å². The number of rotatable bonds is 2. The fourth-order valence-electron chi connectivity index (χ4n) is 3.21. The summed E-state index contributed by atoms with van der Waals surface area (Å²) in [6, 6.07) is 6.82. The van der Waals surface area contributed by atoms with Crippen molar-refractivity contribution in [2.24, 2.45) is 5.92 Å². The molecule has 1 aliphatic heterocycles. The molecule has 1 aromatic carbocycles. The largest absolute Gasteiger partial charge is 0.386 e. The molecule has 3 heteroatoms. The third kappa shape index (κ3) is 1.47. The summed E-state index contributed by atoms with van der Waals surface area (Å²) < 4.78 is 0. The number of para-hydroxylation sites is 1. The molecule has 2 atom stereocenters. The lowest BCUT2D eigenvalue weighted by atomic mass is 10.1. The number of halogens is 1. The molecule has 3 rings (SSSR count). The Labute approximate surface area is 102 Å². The molecule has 2 unspecified atom stereocenters. The minimum absolute atomic E-state index is 0.719. The lowest BCUT2D eigenvalue weighted by Gasteiger charge is -2.31. The predicted molar refractivity (Wildman–Crippen MR) is 69.5 cm³/mol. The van der Waals surface area contributed by atoms with Crippen LogP contribution in [0.1, 0.15) is 19.3 Å². The van der Waals surface area contributed by atoms with Crippen molar-refractivity contribution in [2.45, 2.75) is 25.3 Å².